The van der Waals surface area contributed by atoms with Crippen LogP contribution in [0.3, 0.4) is 0 Å². The van der Waals surface area contributed by atoms with E-state index in [2.05, 4.69) is 5.32 Å². The summed E-state index contributed by atoms with van der Waals surface area (Å²) >= 11 is 6.85. The van der Waals surface area contributed by atoms with Crippen molar-refractivity contribution >= 4 is 40.1 Å². The smallest absolute Gasteiger partial charge is 0.263 e. The Labute approximate surface area is 220 Å². The van der Waals surface area contributed by atoms with E-state index in [1.165, 1.54) is 11.8 Å². The minimum atomic E-state index is -0.362. The fourth-order valence-electron chi connectivity index (χ4n) is 3.66. The van der Waals surface area contributed by atoms with Crippen molar-refractivity contribution in [3.05, 3.63) is 95.1 Å². The van der Waals surface area contributed by atoms with Crippen LogP contribution in [0.4, 0.5) is 0 Å². The van der Waals surface area contributed by atoms with Crippen molar-refractivity contribution in [1.82, 2.24) is 10.2 Å². The van der Waals surface area contributed by atoms with E-state index in [0.29, 0.717) is 24.0 Å². The van der Waals surface area contributed by atoms with Gasteiger partial charge in [0, 0.05) is 25.4 Å². The lowest BCUT2D eigenvalue weighted by atomic mass is 10.1. The molecule has 0 bridgehead atoms. The number of nitrogens with zero attached hydrogens (tertiary/aromatic N) is 1. The molecule has 1 saturated heterocycles. The molecule has 1 fully saturated rings. The fraction of sp³-hybridized carbons (Fsp3) is 0.222. The molecule has 0 unspecified atom stereocenters. The average molecular weight is 522 g/mol. The molecule has 7 nitrogen and oxygen atoms in total. The molecule has 3 aromatic carbocycles. The van der Waals surface area contributed by atoms with E-state index < -0.39 is 0 Å². The highest BCUT2D eigenvalue weighted by atomic mass is 32.2. The van der Waals surface area contributed by atoms with Crippen LogP contribution in [-0.4, -0.2) is 46.4 Å². The molecule has 0 aliphatic carbocycles. The van der Waals surface area contributed by atoms with Crippen molar-refractivity contribution in [2.24, 2.45) is 5.73 Å². The van der Waals surface area contributed by atoms with Crippen molar-refractivity contribution in [2.45, 2.75) is 13.2 Å². The van der Waals surface area contributed by atoms with E-state index in [4.69, 9.17) is 27.4 Å². The first-order valence-electron chi connectivity index (χ1n) is 11.6. The molecule has 36 heavy (non-hydrogen) atoms. The van der Waals surface area contributed by atoms with Gasteiger partial charge in [0.15, 0.2) is 11.5 Å². The van der Waals surface area contributed by atoms with Crippen molar-refractivity contribution in [2.75, 3.05) is 25.4 Å². The summed E-state index contributed by atoms with van der Waals surface area (Å²) < 4.78 is 12.9. The second kappa shape index (κ2) is 12.5. The summed E-state index contributed by atoms with van der Waals surface area (Å²) in [6.07, 6.45) is 0. The van der Waals surface area contributed by atoms with Crippen LogP contribution in [0.1, 0.15) is 31.8 Å². The van der Waals surface area contributed by atoms with Gasteiger partial charge in [0.05, 0.1) is 11.1 Å². The molecule has 0 radical (unpaired) electrons. The maximum atomic E-state index is 13.5. The number of ether oxygens (including phenoxy) is 2. The Balaban J connectivity index is 1.76. The molecule has 186 valence electrons. The predicted octanol–water partition coefficient (Wildman–Crippen LogP) is 4.01. The number of rotatable bonds is 10. The van der Waals surface area contributed by atoms with Gasteiger partial charge in [-0.15, -0.1) is 0 Å². The lowest BCUT2D eigenvalue weighted by Gasteiger charge is -2.22. The summed E-state index contributed by atoms with van der Waals surface area (Å²) in [5, 5.41) is 2.78. The maximum Gasteiger partial charge on any atom is 0.263 e. The minimum absolute atomic E-state index is 0.190. The van der Waals surface area contributed by atoms with Gasteiger partial charge in [-0.1, -0.05) is 84.6 Å². The highest BCUT2D eigenvalue weighted by molar-refractivity contribution is 8.23. The molecular formula is C27H27N3O4S2. The van der Waals surface area contributed by atoms with Gasteiger partial charge in [-0.25, -0.2) is 0 Å². The summed E-state index contributed by atoms with van der Waals surface area (Å²) in [5.74, 6) is 0.500. The zero-order valence-electron chi connectivity index (χ0n) is 19.6. The number of hydrogen-bond donors (Lipinski definition) is 2. The van der Waals surface area contributed by atoms with Crippen LogP contribution in [-0.2, 0) is 13.2 Å². The van der Waals surface area contributed by atoms with E-state index in [1.54, 1.807) is 17.0 Å². The molecule has 3 N–H and O–H groups in total. The molecule has 1 aliphatic rings. The predicted molar refractivity (Wildman–Crippen MR) is 145 cm³/mol. The zero-order valence-corrected chi connectivity index (χ0v) is 21.3. The van der Waals surface area contributed by atoms with E-state index in [0.717, 1.165) is 16.9 Å². The molecular weight excluding hydrogens is 494 g/mol. The number of nitrogens with two attached hydrogens (primary N) is 1. The van der Waals surface area contributed by atoms with Gasteiger partial charge >= 0.3 is 0 Å². The van der Waals surface area contributed by atoms with Gasteiger partial charge in [0.1, 0.15) is 17.5 Å². The summed E-state index contributed by atoms with van der Waals surface area (Å²) in [6.45, 7) is 1.49. The first-order chi connectivity index (χ1) is 17.6. The molecule has 0 atom stereocenters. The van der Waals surface area contributed by atoms with Gasteiger partial charge < -0.3 is 20.5 Å². The molecule has 0 saturated carbocycles. The average Bonchev–Trinajstić information content (AvgIpc) is 3.35. The van der Waals surface area contributed by atoms with Gasteiger partial charge in [0.2, 0.25) is 0 Å². The number of carbonyl (C=O) groups is 2. The number of amides is 2. The first-order valence-corrected chi connectivity index (χ1v) is 12.9. The number of benzene rings is 3. The lowest BCUT2D eigenvalue weighted by molar-refractivity contribution is 0.0853. The first kappa shape index (κ1) is 25.7. The van der Waals surface area contributed by atoms with Crippen LogP contribution < -0.4 is 20.5 Å². The number of carbonyl (C=O) groups excluding carboxylic acids is 2. The van der Waals surface area contributed by atoms with Crippen molar-refractivity contribution in [3.63, 3.8) is 0 Å². The third-order valence-electron chi connectivity index (χ3n) is 5.48. The third kappa shape index (κ3) is 6.23. The van der Waals surface area contributed by atoms with Gasteiger partial charge in [0.25, 0.3) is 11.8 Å². The minimum Gasteiger partial charge on any atom is -0.484 e. The van der Waals surface area contributed by atoms with Crippen LogP contribution in [0.5, 0.6) is 11.5 Å². The topological polar surface area (TPSA) is 93.9 Å². The van der Waals surface area contributed by atoms with E-state index >= 15 is 0 Å². The van der Waals surface area contributed by atoms with Gasteiger partial charge in [-0.05, 0) is 23.3 Å². The second-order valence-electron chi connectivity index (χ2n) is 7.98. The quantitative estimate of drug-likeness (QED) is 0.390. The third-order valence-corrected chi connectivity index (χ3v) is 6.90. The van der Waals surface area contributed by atoms with Crippen molar-refractivity contribution in [3.8, 4) is 11.5 Å². The van der Waals surface area contributed by atoms with Crippen LogP contribution in [0.25, 0.3) is 0 Å². The van der Waals surface area contributed by atoms with Crippen LogP contribution >= 0.6 is 24.0 Å². The van der Waals surface area contributed by atoms with E-state index in [9.17, 15) is 9.59 Å². The van der Waals surface area contributed by atoms with Gasteiger partial charge in [-0.3, -0.25) is 14.5 Å². The molecule has 4 rings (SSSR count). The Bertz CT molecular complexity index is 1220. The summed E-state index contributed by atoms with van der Waals surface area (Å²) in [5.41, 5.74) is 7.95. The summed E-state index contributed by atoms with van der Waals surface area (Å²) in [7, 11) is 0. The highest BCUT2D eigenvalue weighted by Crippen LogP contribution is 2.38. The van der Waals surface area contributed by atoms with Crippen LogP contribution in [0, 0.1) is 0 Å². The Morgan fingerprint density at radius 3 is 1.97 bits per heavy atom. The molecule has 1 aliphatic heterocycles. The largest absolute Gasteiger partial charge is 0.484 e. The van der Waals surface area contributed by atoms with Crippen molar-refractivity contribution < 1.29 is 19.1 Å². The van der Waals surface area contributed by atoms with E-state index in [-0.39, 0.29) is 47.7 Å². The Hall–Kier alpha value is -3.40. The Kier molecular flexibility index (Phi) is 8.94. The molecule has 0 aromatic heterocycles. The van der Waals surface area contributed by atoms with Gasteiger partial charge in [-0.2, -0.15) is 0 Å². The number of hydrogen-bond acceptors (Lipinski definition) is 7. The van der Waals surface area contributed by atoms with Crippen LogP contribution in [0.2, 0.25) is 0 Å². The second-order valence-corrected chi connectivity index (χ2v) is 9.71. The Morgan fingerprint density at radius 2 is 1.44 bits per heavy atom. The normalized spacial score (nSPS) is 12.9. The number of thiocarbonyl (C=S) groups is 1. The lowest BCUT2D eigenvalue weighted by Crippen LogP contribution is -2.32. The Morgan fingerprint density at radius 1 is 0.889 bits per heavy atom. The molecule has 1 heterocycles. The standard InChI is InChI=1S/C27H27N3O4S2/c28-13-14-29-25(31)21-11-12-22(26(32)30-15-16-36-27(30)35)24(34-18-20-9-5-2-6-10-20)23(21)33-17-19-7-3-1-4-8-19/h1-12H,13-18,28H2,(H,29,31). The SMILES string of the molecule is NCCNC(=O)c1ccc(C(=O)N2CCSC2=S)c(OCc2ccccc2)c1OCc1ccccc1. The van der Waals surface area contributed by atoms with E-state index in [1.807, 2.05) is 60.7 Å². The van der Waals surface area contributed by atoms with Crippen molar-refractivity contribution in [1.29, 1.82) is 0 Å². The molecule has 0 spiro atoms. The highest BCUT2D eigenvalue weighted by Gasteiger charge is 2.31. The number of nitrogens with one attached hydrogen (secondary N) is 1. The fourth-order valence-corrected chi connectivity index (χ4v) is 4.86. The monoisotopic (exact) mass is 521 g/mol. The summed E-state index contributed by atoms with van der Waals surface area (Å²) in [4.78, 5) is 28.1. The molecule has 2 amide bonds. The zero-order chi connectivity index (χ0) is 25.3. The maximum absolute atomic E-state index is 13.5. The number of thioether (sulfide) groups is 1. The van der Waals surface area contributed by atoms with Crippen LogP contribution in [0.15, 0.2) is 72.8 Å². The molecule has 3 aromatic rings. The molecule has 9 heteroatoms. The summed E-state index contributed by atoms with van der Waals surface area (Å²) in [6, 6.07) is 22.4.